The van der Waals surface area contributed by atoms with Crippen LogP contribution in [0, 0.1) is 0 Å². The van der Waals surface area contributed by atoms with E-state index in [0.29, 0.717) is 23.8 Å². The summed E-state index contributed by atoms with van der Waals surface area (Å²) in [6, 6.07) is 15.5. The standard InChI is InChI=1S/C24H28N2O3/c1-17(27)18-6-8-21(9-7-18)29-16-20(28)15-26-12-10-19(11-13-26)23-14-25-24-5-3-2-4-22(23)24/h2-9,14,19-20,25,28H,10-13,15-16H2,1H3. The molecule has 1 fully saturated rings. The number of ether oxygens (including phenoxy) is 1. The van der Waals surface area contributed by atoms with E-state index in [1.807, 2.05) is 0 Å². The second-order valence-electron chi connectivity index (χ2n) is 7.91. The molecule has 1 unspecified atom stereocenters. The van der Waals surface area contributed by atoms with Gasteiger partial charge in [0.15, 0.2) is 5.78 Å². The Morgan fingerprint density at radius 3 is 2.62 bits per heavy atom. The summed E-state index contributed by atoms with van der Waals surface area (Å²) in [4.78, 5) is 17.0. The van der Waals surface area contributed by atoms with Gasteiger partial charge in [-0.3, -0.25) is 4.79 Å². The molecule has 4 rings (SSSR count). The molecule has 1 saturated heterocycles. The smallest absolute Gasteiger partial charge is 0.159 e. The van der Waals surface area contributed by atoms with Gasteiger partial charge in [-0.05, 0) is 74.7 Å². The lowest BCUT2D eigenvalue weighted by Crippen LogP contribution is -2.40. The first-order valence-electron chi connectivity index (χ1n) is 10.3. The van der Waals surface area contributed by atoms with Crippen molar-refractivity contribution in [3.63, 3.8) is 0 Å². The number of ketones is 1. The van der Waals surface area contributed by atoms with E-state index in [9.17, 15) is 9.90 Å². The number of Topliss-reactive ketones (excluding diaryl/α,β-unsaturated/α-hetero) is 1. The Balaban J connectivity index is 1.24. The number of benzene rings is 2. The lowest BCUT2D eigenvalue weighted by atomic mass is 9.89. The number of aliphatic hydroxyl groups excluding tert-OH is 1. The van der Waals surface area contributed by atoms with Gasteiger partial charge in [0, 0.05) is 29.2 Å². The van der Waals surface area contributed by atoms with Crippen molar-refractivity contribution in [3.05, 3.63) is 65.9 Å². The quantitative estimate of drug-likeness (QED) is 0.597. The lowest BCUT2D eigenvalue weighted by molar-refractivity contribution is 0.0595. The Hall–Kier alpha value is -2.63. The molecule has 29 heavy (non-hydrogen) atoms. The van der Waals surface area contributed by atoms with E-state index in [2.05, 4.69) is 40.3 Å². The fraction of sp³-hybridized carbons (Fsp3) is 0.375. The minimum atomic E-state index is -0.535. The van der Waals surface area contributed by atoms with Gasteiger partial charge < -0.3 is 19.7 Å². The zero-order valence-electron chi connectivity index (χ0n) is 16.8. The molecule has 0 aliphatic carbocycles. The summed E-state index contributed by atoms with van der Waals surface area (Å²) >= 11 is 0. The first-order chi connectivity index (χ1) is 14.1. The molecule has 5 nitrogen and oxygen atoms in total. The fourth-order valence-corrected chi connectivity index (χ4v) is 4.19. The number of aromatic nitrogens is 1. The number of piperidine rings is 1. The minimum Gasteiger partial charge on any atom is -0.491 e. The van der Waals surface area contributed by atoms with Crippen molar-refractivity contribution in [1.29, 1.82) is 0 Å². The number of H-pyrrole nitrogens is 1. The van der Waals surface area contributed by atoms with Crippen LogP contribution in [0.25, 0.3) is 10.9 Å². The maximum atomic E-state index is 11.3. The van der Waals surface area contributed by atoms with E-state index < -0.39 is 6.10 Å². The van der Waals surface area contributed by atoms with E-state index in [-0.39, 0.29) is 12.4 Å². The van der Waals surface area contributed by atoms with E-state index in [1.165, 1.54) is 16.5 Å². The highest BCUT2D eigenvalue weighted by atomic mass is 16.5. The number of rotatable bonds is 7. The van der Waals surface area contributed by atoms with E-state index in [4.69, 9.17) is 4.74 Å². The third kappa shape index (κ3) is 4.69. The second-order valence-corrected chi connectivity index (χ2v) is 7.91. The summed E-state index contributed by atoms with van der Waals surface area (Å²) in [6.07, 6.45) is 3.82. The first kappa shape index (κ1) is 19.7. The van der Waals surface area contributed by atoms with Gasteiger partial charge in [0.25, 0.3) is 0 Å². The molecular weight excluding hydrogens is 364 g/mol. The minimum absolute atomic E-state index is 0.0348. The van der Waals surface area contributed by atoms with Gasteiger partial charge >= 0.3 is 0 Å². The number of carbonyl (C=O) groups is 1. The average molecular weight is 392 g/mol. The van der Waals surface area contributed by atoms with Crippen LogP contribution in [0.15, 0.2) is 54.7 Å². The van der Waals surface area contributed by atoms with Gasteiger partial charge in [-0.1, -0.05) is 18.2 Å². The van der Waals surface area contributed by atoms with Crippen LogP contribution in [0.5, 0.6) is 5.75 Å². The van der Waals surface area contributed by atoms with Gasteiger partial charge in [-0.25, -0.2) is 0 Å². The molecule has 0 radical (unpaired) electrons. The van der Waals surface area contributed by atoms with Gasteiger partial charge in [0.2, 0.25) is 0 Å². The normalized spacial score (nSPS) is 16.8. The molecule has 1 atom stereocenters. The van der Waals surface area contributed by atoms with Crippen molar-refractivity contribution >= 4 is 16.7 Å². The molecule has 1 aliphatic heterocycles. The molecule has 0 amide bonds. The van der Waals surface area contributed by atoms with Crippen molar-refractivity contribution in [3.8, 4) is 5.75 Å². The number of para-hydroxylation sites is 1. The number of fused-ring (bicyclic) bond motifs is 1. The third-order valence-electron chi connectivity index (χ3n) is 5.82. The molecule has 5 heteroatoms. The molecule has 3 aromatic rings. The summed E-state index contributed by atoms with van der Waals surface area (Å²) in [6.45, 7) is 4.37. The molecule has 0 spiro atoms. The van der Waals surface area contributed by atoms with Crippen molar-refractivity contribution in [1.82, 2.24) is 9.88 Å². The average Bonchev–Trinajstić information content (AvgIpc) is 3.17. The van der Waals surface area contributed by atoms with Crippen molar-refractivity contribution in [2.24, 2.45) is 0 Å². The Morgan fingerprint density at radius 2 is 1.90 bits per heavy atom. The molecular formula is C24H28N2O3. The highest BCUT2D eigenvalue weighted by Crippen LogP contribution is 2.33. The SMILES string of the molecule is CC(=O)c1ccc(OCC(O)CN2CCC(c3c[nH]c4ccccc34)CC2)cc1. The molecule has 2 N–H and O–H groups in total. The highest BCUT2D eigenvalue weighted by Gasteiger charge is 2.24. The lowest BCUT2D eigenvalue weighted by Gasteiger charge is -2.33. The molecule has 1 aromatic heterocycles. The second kappa shape index (κ2) is 8.80. The number of aliphatic hydroxyl groups is 1. The van der Waals surface area contributed by atoms with Crippen LogP contribution >= 0.6 is 0 Å². The van der Waals surface area contributed by atoms with Crippen molar-refractivity contribution in [2.45, 2.75) is 31.8 Å². The van der Waals surface area contributed by atoms with Crippen molar-refractivity contribution < 1.29 is 14.6 Å². The van der Waals surface area contributed by atoms with Crippen LogP contribution in [0.4, 0.5) is 0 Å². The van der Waals surface area contributed by atoms with Gasteiger partial charge in [-0.15, -0.1) is 0 Å². The number of β-amino-alcohol motifs (C(OH)–C–C–N with tert-alkyl or cyclic N) is 1. The summed E-state index contributed by atoms with van der Waals surface area (Å²) < 4.78 is 5.68. The molecule has 1 aliphatic rings. The number of aromatic amines is 1. The van der Waals surface area contributed by atoms with Gasteiger partial charge in [-0.2, -0.15) is 0 Å². The number of nitrogens with one attached hydrogen (secondary N) is 1. The van der Waals surface area contributed by atoms with Crippen LogP contribution in [0.3, 0.4) is 0 Å². The summed E-state index contributed by atoms with van der Waals surface area (Å²) in [5.41, 5.74) is 3.28. The maximum Gasteiger partial charge on any atom is 0.159 e. The Labute approximate surface area is 171 Å². The molecule has 152 valence electrons. The fourth-order valence-electron chi connectivity index (χ4n) is 4.19. The van der Waals surface area contributed by atoms with Gasteiger partial charge in [0.05, 0.1) is 0 Å². The number of hydrogen-bond donors (Lipinski definition) is 2. The van der Waals surface area contributed by atoms with Gasteiger partial charge in [0.1, 0.15) is 18.5 Å². The number of likely N-dealkylation sites (tertiary alicyclic amines) is 1. The first-order valence-corrected chi connectivity index (χ1v) is 10.3. The highest BCUT2D eigenvalue weighted by molar-refractivity contribution is 5.94. The molecule has 2 heterocycles. The topological polar surface area (TPSA) is 65.6 Å². The summed E-state index contributed by atoms with van der Waals surface area (Å²) in [5.74, 6) is 1.27. The monoisotopic (exact) mass is 392 g/mol. The van der Waals surface area contributed by atoms with Crippen molar-refractivity contribution in [2.75, 3.05) is 26.2 Å². The molecule has 0 saturated carbocycles. The number of carbonyl (C=O) groups excluding carboxylic acids is 1. The van der Waals surface area contributed by atoms with E-state index in [0.717, 1.165) is 25.9 Å². The number of nitrogens with zero attached hydrogens (tertiary/aromatic N) is 1. The Kier molecular flexibility index (Phi) is 5.97. The van der Waals surface area contributed by atoms with E-state index in [1.54, 1.807) is 31.2 Å². The Morgan fingerprint density at radius 1 is 1.17 bits per heavy atom. The number of hydrogen-bond acceptors (Lipinski definition) is 4. The molecule has 2 aromatic carbocycles. The van der Waals surface area contributed by atoms with Crippen LogP contribution in [-0.2, 0) is 0 Å². The van der Waals surface area contributed by atoms with Crippen LogP contribution < -0.4 is 4.74 Å². The summed E-state index contributed by atoms with van der Waals surface area (Å²) in [5, 5.41) is 11.7. The predicted octanol–water partition coefficient (Wildman–Crippen LogP) is 3.99. The third-order valence-corrected chi connectivity index (χ3v) is 5.82. The zero-order valence-corrected chi connectivity index (χ0v) is 16.8. The Bertz CT molecular complexity index is 956. The largest absolute Gasteiger partial charge is 0.491 e. The zero-order chi connectivity index (χ0) is 20.2. The summed E-state index contributed by atoms with van der Waals surface area (Å²) in [7, 11) is 0. The van der Waals surface area contributed by atoms with E-state index >= 15 is 0 Å². The van der Waals surface area contributed by atoms with Crippen LogP contribution in [0.2, 0.25) is 0 Å². The predicted molar refractivity (Wildman–Crippen MR) is 115 cm³/mol. The van der Waals surface area contributed by atoms with Crippen LogP contribution in [-0.4, -0.2) is 53.1 Å². The maximum absolute atomic E-state index is 11.3. The van der Waals surface area contributed by atoms with Crippen LogP contribution in [0.1, 0.15) is 41.6 Å². The molecule has 0 bridgehead atoms.